The van der Waals surface area contributed by atoms with Gasteiger partial charge < -0.3 is 9.47 Å². The van der Waals surface area contributed by atoms with Gasteiger partial charge in [-0.25, -0.2) is 4.79 Å². The van der Waals surface area contributed by atoms with Crippen LogP contribution in [0, 0.1) is 0 Å². The SMILES string of the molecule is CCN1C(=O)S/C(=C/c2ccc(OCC(=O)OC)c(Br)c2)C1=O. The standard InChI is InChI=1S/C15H14BrNO5S/c1-3-17-14(19)12(23-15(17)20)7-9-4-5-11(10(16)6-9)22-8-13(18)21-2/h4-7H,3,8H2,1-2H3/b12-7+. The van der Waals surface area contributed by atoms with Crippen molar-refractivity contribution < 1.29 is 23.9 Å². The number of likely N-dealkylation sites (N-methyl/N-ethyl adjacent to an activating group) is 1. The van der Waals surface area contributed by atoms with Crippen LogP contribution in [0.4, 0.5) is 4.79 Å². The molecule has 1 heterocycles. The number of carbonyl (C=O) groups is 3. The molecule has 2 amide bonds. The van der Waals surface area contributed by atoms with Crippen molar-refractivity contribution in [3.63, 3.8) is 0 Å². The molecular formula is C15H14BrNO5S. The smallest absolute Gasteiger partial charge is 0.343 e. The second-order valence-corrected chi connectivity index (χ2v) is 6.33. The fourth-order valence-electron chi connectivity index (χ4n) is 1.84. The zero-order valence-electron chi connectivity index (χ0n) is 12.5. The summed E-state index contributed by atoms with van der Waals surface area (Å²) < 4.78 is 10.4. The summed E-state index contributed by atoms with van der Waals surface area (Å²) in [7, 11) is 1.28. The Bertz CT molecular complexity index is 688. The lowest BCUT2D eigenvalue weighted by Crippen LogP contribution is -2.27. The van der Waals surface area contributed by atoms with Crippen LogP contribution in [-0.2, 0) is 14.3 Å². The number of methoxy groups -OCH3 is 1. The highest BCUT2D eigenvalue weighted by molar-refractivity contribution is 9.10. The lowest BCUT2D eigenvalue weighted by atomic mass is 10.2. The first-order chi connectivity index (χ1) is 11.0. The molecule has 0 aromatic heterocycles. The molecule has 6 nitrogen and oxygen atoms in total. The van der Waals surface area contributed by atoms with E-state index >= 15 is 0 Å². The van der Waals surface area contributed by atoms with E-state index in [0.29, 0.717) is 21.7 Å². The van der Waals surface area contributed by atoms with Gasteiger partial charge in [-0.2, -0.15) is 0 Å². The summed E-state index contributed by atoms with van der Waals surface area (Å²) in [5, 5.41) is -0.263. The van der Waals surface area contributed by atoms with Gasteiger partial charge in [0.25, 0.3) is 11.1 Å². The quantitative estimate of drug-likeness (QED) is 0.559. The molecule has 0 atom stereocenters. The molecular weight excluding hydrogens is 386 g/mol. The number of thioether (sulfide) groups is 1. The van der Waals surface area contributed by atoms with Gasteiger partial charge >= 0.3 is 5.97 Å². The molecule has 0 spiro atoms. The fourth-order valence-corrected chi connectivity index (χ4v) is 3.26. The number of rotatable bonds is 5. The molecule has 1 fully saturated rings. The highest BCUT2D eigenvalue weighted by Crippen LogP contribution is 2.33. The summed E-state index contributed by atoms with van der Waals surface area (Å²) in [5.74, 6) is -0.284. The minimum absolute atomic E-state index is 0.191. The van der Waals surface area contributed by atoms with Crippen LogP contribution in [0.3, 0.4) is 0 Å². The molecule has 0 saturated carbocycles. The Balaban J connectivity index is 2.15. The van der Waals surface area contributed by atoms with Crippen molar-refractivity contribution in [3.8, 4) is 5.75 Å². The van der Waals surface area contributed by atoms with E-state index in [2.05, 4.69) is 20.7 Å². The maximum Gasteiger partial charge on any atom is 0.343 e. The number of hydrogen-bond acceptors (Lipinski definition) is 6. The predicted octanol–water partition coefficient (Wildman–Crippen LogP) is 3.06. The van der Waals surface area contributed by atoms with E-state index in [0.717, 1.165) is 17.3 Å². The van der Waals surface area contributed by atoms with Crippen molar-refractivity contribution in [2.75, 3.05) is 20.3 Å². The number of imide groups is 1. The zero-order valence-corrected chi connectivity index (χ0v) is 14.9. The highest BCUT2D eigenvalue weighted by atomic mass is 79.9. The van der Waals surface area contributed by atoms with E-state index in [1.165, 1.54) is 12.0 Å². The summed E-state index contributed by atoms with van der Waals surface area (Å²) in [6.45, 7) is 1.92. The third kappa shape index (κ3) is 4.14. The Morgan fingerprint density at radius 2 is 2.13 bits per heavy atom. The van der Waals surface area contributed by atoms with E-state index in [9.17, 15) is 14.4 Å². The monoisotopic (exact) mass is 399 g/mol. The molecule has 23 heavy (non-hydrogen) atoms. The number of hydrogen-bond donors (Lipinski definition) is 0. The average Bonchev–Trinajstić information content (AvgIpc) is 2.79. The summed E-state index contributed by atoms with van der Waals surface area (Å²) in [6, 6.07) is 5.15. The Kier molecular flexibility index (Phi) is 5.84. The number of halogens is 1. The number of carbonyl (C=O) groups excluding carboxylic acids is 3. The molecule has 0 unspecified atom stereocenters. The summed E-state index contributed by atoms with van der Waals surface area (Å²) in [4.78, 5) is 36.4. The Hall–Kier alpha value is -1.80. The van der Waals surface area contributed by atoms with Gasteiger partial charge in [0.05, 0.1) is 16.5 Å². The van der Waals surface area contributed by atoms with Crippen molar-refractivity contribution in [3.05, 3.63) is 33.1 Å². The molecule has 1 aromatic rings. The lowest BCUT2D eigenvalue weighted by Gasteiger charge is -2.08. The second kappa shape index (κ2) is 7.65. The third-order valence-corrected chi connectivity index (χ3v) is 4.54. The van der Waals surface area contributed by atoms with Gasteiger partial charge in [0.1, 0.15) is 5.75 Å². The van der Waals surface area contributed by atoms with E-state index < -0.39 is 5.97 Å². The third-order valence-electron chi connectivity index (χ3n) is 3.02. The molecule has 122 valence electrons. The molecule has 2 rings (SSSR count). The van der Waals surface area contributed by atoms with Gasteiger partial charge in [-0.3, -0.25) is 14.5 Å². The van der Waals surface area contributed by atoms with Gasteiger partial charge in [0, 0.05) is 6.54 Å². The van der Waals surface area contributed by atoms with Crippen LogP contribution >= 0.6 is 27.7 Å². The summed E-state index contributed by atoms with van der Waals surface area (Å²) >= 11 is 4.26. The topological polar surface area (TPSA) is 72.9 Å². The van der Waals surface area contributed by atoms with Crippen LogP contribution in [0.1, 0.15) is 12.5 Å². The molecule has 1 aliphatic heterocycles. The van der Waals surface area contributed by atoms with Crippen molar-refractivity contribution in [2.45, 2.75) is 6.92 Å². The van der Waals surface area contributed by atoms with Crippen molar-refractivity contribution in [2.24, 2.45) is 0 Å². The Morgan fingerprint density at radius 3 is 2.70 bits per heavy atom. The normalized spacial score (nSPS) is 16.1. The molecule has 1 saturated heterocycles. The number of benzene rings is 1. The number of amides is 2. The Morgan fingerprint density at radius 1 is 1.39 bits per heavy atom. The molecule has 0 N–H and O–H groups in total. The highest BCUT2D eigenvalue weighted by Gasteiger charge is 2.33. The largest absolute Gasteiger partial charge is 0.481 e. The van der Waals surface area contributed by atoms with Crippen molar-refractivity contribution in [1.29, 1.82) is 0 Å². The predicted molar refractivity (Wildman–Crippen MR) is 90.0 cm³/mol. The van der Waals surface area contributed by atoms with E-state index in [-0.39, 0.29) is 17.8 Å². The summed E-state index contributed by atoms with van der Waals surface area (Å²) in [5.41, 5.74) is 0.740. The van der Waals surface area contributed by atoms with E-state index in [1.807, 2.05) is 0 Å². The van der Waals surface area contributed by atoms with Gasteiger partial charge in [-0.1, -0.05) is 6.07 Å². The van der Waals surface area contributed by atoms with E-state index in [4.69, 9.17) is 4.74 Å². The van der Waals surface area contributed by atoms with Crippen LogP contribution in [0.15, 0.2) is 27.6 Å². The van der Waals surface area contributed by atoms with E-state index in [1.54, 1.807) is 31.2 Å². The first kappa shape index (κ1) is 17.6. The molecule has 0 radical (unpaired) electrons. The first-order valence-electron chi connectivity index (χ1n) is 6.70. The lowest BCUT2D eigenvalue weighted by molar-refractivity contribution is -0.142. The fraction of sp³-hybridized carbons (Fsp3) is 0.267. The second-order valence-electron chi connectivity index (χ2n) is 4.48. The number of ether oxygens (including phenoxy) is 2. The molecule has 0 aliphatic carbocycles. The molecule has 1 aromatic carbocycles. The number of nitrogens with zero attached hydrogens (tertiary/aromatic N) is 1. The summed E-state index contributed by atoms with van der Waals surface area (Å²) in [6.07, 6.45) is 1.65. The van der Waals surface area contributed by atoms with Gasteiger partial charge in [-0.05, 0) is 58.4 Å². The van der Waals surface area contributed by atoms with Crippen LogP contribution in [-0.4, -0.2) is 42.3 Å². The molecule has 8 heteroatoms. The zero-order chi connectivity index (χ0) is 17.0. The Labute approximate surface area is 145 Å². The maximum atomic E-state index is 12.0. The molecule has 1 aliphatic rings. The van der Waals surface area contributed by atoms with Crippen molar-refractivity contribution >= 4 is 50.9 Å². The first-order valence-corrected chi connectivity index (χ1v) is 8.31. The van der Waals surface area contributed by atoms with Gasteiger partial charge in [0.15, 0.2) is 6.61 Å². The van der Waals surface area contributed by atoms with Crippen molar-refractivity contribution in [1.82, 2.24) is 4.90 Å². The van der Waals surface area contributed by atoms with Gasteiger partial charge in [-0.15, -0.1) is 0 Å². The average molecular weight is 400 g/mol. The van der Waals surface area contributed by atoms with Gasteiger partial charge in [0.2, 0.25) is 0 Å². The maximum absolute atomic E-state index is 12.0. The van der Waals surface area contributed by atoms with Crippen LogP contribution < -0.4 is 4.74 Å². The van der Waals surface area contributed by atoms with Crippen LogP contribution in [0.5, 0.6) is 5.75 Å². The minimum Gasteiger partial charge on any atom is -0.481 e. The van der Waals surface area contributed by atoms with Crippen LogP contribution in [0.2, 0.25) is 0 Å². The minimum atomic E-state index is -0.478. The molecule has 0 bridgehead atoms. The number of esters is 1. The van der Waals surface area contributed by atoms with Crippen LogP contribution in [0.25, 0.3) is 6.08 Å².